The average Bonchev–Trinajstić information content (AvgIpc) is 2.44. The molecule has 0 atom stereocenters. The molecule has 0 saturated carbocycles. The molecule has 0 bridgehead atoms. The molecule has 0 aliphatic carbocycles. The lowest BCUT2D eigenvalue weighted by Crippen LogP contribution is -2.17. The first-order chi connectivity index (χ1) is 7.81. The highest BCUT2D eigenvalue weighted by molar-refractivity contribution is 5.28. The first kappa shape index (κ1) is 14.1. The van der Waals surface area contributed by atoms with Crippen LogP contribution in [0.2, 0.25) is 0 Å². The second kappa shape index (κ2) is 5.58. The summed E-state index contributed by atoms with van der Waals surface area (Å²) in [5.41, 5.74) is 3.61. The number of aryl methyl sites for hydroxylation is 2. The molecule has 2 nitrogen and oxygen atoms in total. The van der Waals surface area contributed by atoms with Gasteiger partial charge in [-0.2, -0.15) is 13.2 Å². The highest BCUT2D eigenvalue weighted by atomic mass is 19.4. The molecule has 98 valence electrons. The van der Waals surface area contributed by atoms with Gasteiger partial charge < -0.3 is 9.30 Å². The van der Waals surface area contributed by atoms with Crippen molar-refractivity contribution >= 4 is 0 Å². The second-order valence-corrected chi connectivity index (χ2v) is 4.24. The van der Waals surface area contributed by atoms with Gasteiger partial charge in [0.15, 0.2) is 0 Å². The SMILES string of the molecule is Cc1cn(CCCOCC(F)(F)F)c(C)c1C. The van der Waals surface area contributed by atoms with Gasteiger partial charge in [0.25, 0.3) is 0 Å². The number of nitrogens with zero attached hydrogens (tertiary/aromatic N) is 1. The molecule has 17 heavy (non-hydrogen) atoms. The molecule has 1 heterocycles. The summed E-state index contributed by atoms with van der Waals surface area (Å²) in [6.45, 7) is 5.75. The van der Waals surface area contributed by atoms with Crippen LogP contribution in [0.1, 0.15) is 23.2 Å². The lowest BCUT2D eigenvalue weighted by atomic mass is 10.2. The molecule has 0 aliphatic rings. The molecule has 0 saturated heterocycles. The van der Waals surface area contributed by atoms with Crippen LogP contribution < -0.4 is 0 Å². The van der Waals surface area contributed by atoms with Crippen molar-refractivity contribution in [3.8, 4) is 0 Å². The van der Waals surface area contributed by atoms with E-state index in [0.717, 1.165) is 0 Å². The van der Waals surface area contributed by atoms with Crippen LogP contribution in [-0.2, 0) is 11.3 Å². The zero-order valence-corrected chi connectivity index (χ0v) is 10.4. The van der Waals surface area contributed by atoms with E-state index in [0.29, 0.717) is 13.0 Å². The number of ether oxygens (including phenoxy) is 1. The van der Waals surface area contributed by atoms with Crippen LogP contribution in [-0.4, -0.2) is 24.0 Å². The van der Waals surface area contributed by atoms with E-state index in [1.54, 1.807) is 0 Å². The molecule has 5 heteroatoms. The predicted octanol–water partition coefficient (Wildman–Crippen LogP) is 3.38. The van der Waals surface area contributed by atoms with Crippen LogP contribution >= 0.6 is 0 Å². The topological polar surface area (TPSA) is 14.2 Å². The van der Waals surface area contributed by atoms with Crippen molar-refractivity contribution in [1.82, 2.24) is 4.57 Å². The van der Waals surface area contributed by atoms with E-state index in [-0.39, 0.29) is 6.61 Å². The number of halogens is 3. The first-order valence-electron chi connectivity index (χ1n) is 5.58. The maximum atomic E-state index is 11.8. The monoisotopic (exact) mass is 249 g/mol. The summed E-state index contributed by atoms with van der Waals surface area (Å²) in [6.07, 6.45) is -1.62. The van der Waals surface area contributed by atoms with Gasteiger partial charge in [-0.1, -0.05) is 0 Å². The summed E-state index contributed by atoms with van der Waals surface area (Å²) in [4.78, 5) is 0. The fourth-order valence-corrected chi connectivity index (χ4v) is 1.69. The van der Waals surface area contributed by atoms with E-state index in [9.17, 15) is 13.2 Å². The molecule has 0 unspecified atom stereocenters. The molecular formula is C12H18F3NO. The van der Waals surface area contributed by atoms with Gasteiger partial charge >= 0.3 is 6.18 Å². The predicted molar refractivity (Wildman–Crippen MR) is 60.1 cm³/mol. The minimum absolute atomic E-state index is 0.134. The molecular weight excluding hydrogens is 231 g/mol. The molecule has 0 fully saturated rings. The number of aromatic nitrogens is 1. The Labute approximate surface area is 99.4 Å². The maximum Gasteiger partial charge on any atom is 0.411 e. The van der Waals surface area contributed by atoms with Crippen molar-refractivity contribution in [2.24, 2.45) is 0 Å². The summed E-state index contributed by atoms with van der Waals surface area (Å²) in [7, 11) is 0. The van der Waals surface area contributed by atoms with Crippen LogP contribution in [0.15, 0.2) is 6.20 Å². The van der Waals surface area contributed by atoms with Gasteiger partial charge in [0, 0.05) is 25.0 Å². The average molecular weight is 249 g/mol. The van der Waals surface area contributed by atoms with Crippen LogP contribution in [0.25, 0.3) is 0 Å². The Morgan fingerprint density at radius 2 is 1.88 bits per heavy atom. The third-order valence-corrected chi connectivity index (χ3v) is 2.87. The van der Waals surface area contributed by atoms with Gasteiger partial charge in [0.05, 0.1) is 0 Å². The summed E-state index contributed by atoms with van der Waals surface area (Å²) in [5, 5.41) is 0. The third kappa shape index (κ3) is 4.42. The van der Waals surface area contributed by atoms with Crippen LogP contribution in [0.4, 0.5) is 13.2 Å². The van der Waals surface area contributed by atoms with Gasteiger partial charge in [-0.25, -0.2) is 0 Å². The zero-order valence-electron chi connectivity index (χ0n) is 10.4. The van der Waals surface area contributed by atoms with Crippen molar-refractivity contribution in [3.63, 3.8) is 0 Å². The normalized spacial score (nSPS) is 12.1. The van der Waals surface area contributed by atoms with Gasteiger partial charge in [-0.15, -0.1) is 0 Å². The standard InChI is InChI=1S/C12H18F3NO/c1-9-7-16(11(3)10(9)2)5-4-6-17-8-12(13,14)15/h7H,4-6,8H2,1-3H3. The van der Waals surface area contributed by atoms with Gasteiger partial charge in [0.2, 0.25) is 0 Å². The van der Waals surface area contributed by atoms with E-state index in [1.165, 1.54) is 16.8 Å². The molecule has 0 aromatic carbocycles. The van der Waals surface area contributed by atoms with Gasteiger partial charge in [-0.05, 0) is 38.3 Å². The quantitative estimate of drug-likeness (QED) is 0.730. The molecule has 1 rings (SSSR count). The minimum Gasteiger partial charge on any atom is -0.372 e. The van der Waals surface area contributed by atoms with Gasteiger partial charge in [0.1, 0.15) is 6.61 Å². The summed E-state index contributed by atoms with van der Waals surface area (Å²) < 4.78 is 42.0. The van der Waals surface area contributed by atoms with E-state index in [4.69, 9.17) is 0 Å². The largest absolute Gasteiger partial charge is 0.411 e. The summed E-state index contributed by atoms with van der Waals surface area (Å²) >= 11 is 0. The van der Waals surface area contributed by atoms with Crippen molar-refractivity contribution in [3.05, 3.63) is 23.0 Å². The number of hydrogen-bond acceptors (Lipinski definition) is 1. The third-order valence-electron chi connectivity index (χ3n) is 2.87. The molecule has 0 N–H and O–H groups in total. The Morgan fingerprint density at radius 1 is 1.24 bits per heavy atom. The number of alkyl halides is 3. The second-order valence-electron chi connectivity index (χ2n) is 4.24. The summed E-state index contributed by atoms with van der Waals surface area (Å²) in [5.74, 6) is 0. The molecule has 0 aliphatic heterocycles. The van der Waals surface area contributed by atoms with Crippen LogP contribution in [0.5, 0.6) is 0 Å². The zero-order chi connectivity index (χ0) is 13.1. The van der Waals surface area contributed by atoms with Crippen molar-refractivity contribution in [2.75, 3.05) is 13.2 Å². The highest BCUT2D eigenvalue weighted by Gasteiger charge is 2.27. The minimum atomic E-state index is -4.23. The molecule has 1 aromatic rings. The lowest BCUT2D eigenvalue weighted by Gasteiger charge is -2.09. The Bertz CT molecular complexity index is 369. The maximum absolute atomic E-state index is 11.8. The fourth-order valence-electron chi connectivity index (χ4n) is 1.69. The lowest BCUT2D eigenvalue weighted by molar-refractivity contribution is -0.174. The van der Waals surface area contributed by atoms with Crippen LogP contribution in [0.3, 0.4) is 0 Å². The van der Waals surface area contributed by atoms with Gasteiger partial charge in [-0.3, -0.25) is 0 Å². The van der Waals surface area contributed by atoms with Crippen molar-refractivity contribution in [2.45, 2.75) is 39.9 Å². The molecule has 0 radical (unpaired) electrons. The first-order valence-corrected chi connectivity index (χ1v) is 5.58. The Kier molecular flexibility index (Phi) is 4.62. The Morgan fingerprint density at radius 3 is 2.35 bits per heavy atom. The van der Waals surface area contributed by atoms with Crippen molar-refractivity contribution in [1.29, 1.82) is 0 Å². The Balaban J connectivity index is 2.29. The van der Waals surface area contributed by atoms with E-state index >= 15 is 0 Å². The number of hydrogen-bond donors (Lipinski definition) is 0. The van der Waals surface area contributed by atoms with Crippen LogP contribution in [0, 0.1) is 20.8 Å². The van der Waals surface area contributed by atoms with E-state index < -0.39 is 12.8 Å². The molecule has 0 spiro atoms. The van der Waals surface area contributed by atoms with E-state index in [1.807, 2.05) is 27.0 Å². The Hall–Kier alpha value is -0.970. The highest BCUT2D eigenvalue weighted by Crippen LogP contribution is 2.16. The summed E-state index contributed by atoms with van der Waals surface area (Å²) in [6, 6.07) is 0. The fraction of sp³-hybridized carbons (Fsp3) is 0.667. The smallest absolute Gasteiger partial charge is 0.372 e. The van der Waals surface area contributed by atoms with Crippen molar-refractivity contribution < 1.29 is 17.9 Å². The number of rotatable bonds is 5. The molecule has 0 amide bonds. The molecule has 1 aromatic heterocycles. The van der Waals surface area contributed by atoms with E-state index in [2.05, 4.69) is 9.30 Å².